The average Bonchev–Trinajstić information content (AvgIpc) is 3.13. The van der Waals surface area contributed by atoms with Crippen molar-refractivity contribution in [2.75, 3.05) is 25.0 Å². The number of anilines is 1. The highest BCUT2D eigenvalue weighted by molar-refractivity contribution is 6.00. The lowest BCUT2D eigenvalue weighted by Gasteiger charge is -2.16. The lowest BCUT2D eigenvalue weighted by molar-refractivity contribution is -0.126. The summed E-state index contributed by atoms with van der Waals surface area (Å²) in [6.07, 6.45) is 0.187. The highest BCUT2D eigenvalue weighted by Gasteiger charge is 2.34. The highest BCUT2D eigenvalue weighted by Crippen LogP contribution is 2.25. The molecule has 2 aromatic rings. The van der Waals surface area contributed by atoms with E-state index in [1.807, 2.05) is 31.2 Å². The number of aryl methyl sites for hydroxylation is 1. The summed E-state index contributed by atoms with van der Waals surface area (Å²) in [5.74, 6) is 4.94. The molecular formula is C23H23N3O3. The molecule has 1 saturated heterocycles. The smallest absolute Gasteiger partial charge is 0.252 e. The number of hydrogen-bond donors (Lipinski definition) is 2. The van der Waals surface area contributed by atoms with E-state index in [0.717, 1.165) is 11.3 Å². The van der Waals surface area contributed by atoms with Crippen molar-refractivity contribution >= 4 is 23.4 Å². The van der Waals surface area contributed by atoms with Crippen LogP contribution < -0.4 is 15.5 Å². The molecule has 29 heavy (non-hydrogen) atoms. The zero-order chi connectivity index (χ0) is 20.8. The summed E-state index contributed by atoms with van der Waals surface area (Å²) in [4.78, 5) is 38.2. The molecular weight excluding hydrogens is 366 g/mol. The predicted molar refractivity (Wildman–Crippen MR) is 111 cm³/mol. The number of benzene rings is 2. The van der Waals surface area contributed by atoms with Gasteiger partial charge in [0, 0.05) is 31.3 Å². The molecule has 2 N–H and O–H groups in total. The van der Waals surface area contributed by atoms with Gasteiger partial charge in [-0.25, -0.2) is 0 Å². The third-order valence-corrected chi connectivity index (χ3v) is 4.81. The van der Waals surface area contributed by atoms with Crippen LogP contribution in [0.3, 0.4) is 0 Å². The Kier molecular flexibility index (Phi) is 6.30. The van der Waals surface area contributed by atoms with E-state index in [9.17, 15) is 14.4 Å². The third kappa shape index (κ3) is 4.82. The van der Waals surface area contributed by atoms with Crippen LogP contribution in [0.5, 0.6) is 0 Å². The van der Waals surface area contributed by atoms with Crippen LogP contribution in [0.15, 0.2) is 48.5 Å². The molecule has 2 aromatic carbocycles. The normalized spacial score (nSPS) is 15.4. The largest absolute Gasteiger partial charge is 0.355 e. The topological polar surface area (TPSA) is 78.5 Å². The van der Waals surface area contributed by atoms with Gasteiger partial charge >= 0.3 is 0 Å². The van der Waals surface area contributed by atoms with E-state index in [2.05, 4.69) is 22.5 Å². The Morgan fingerprint density at radius 1 is 1.14 bits per heavy atom. The second-order valence-electron chi connectivity index (χ2n) is 6.89. The minimum absolute atomic E-state index is 0.0559. The molecule has 1 aliphatic heterocycles. The van der Waals surface area contributed by atoms with Crippen molar-refractivity contribution in [3.63, 3.8) is 0 Å². The van der Waals surface area contributed by atoms with Gasteiger partial charge in [0.05, 0.1) is 18.0 Å². The second-order valence-corrected chi connectivity index (χ2v) is 6.89. The maximum Gasteiger partial charge on any atom is 0.252 e. The van der Waals surface area contributed by atoms with Crippen LogP contribution in [0, 0.1) is 24.7 Å². The number of hydrogen-bond acceptors (Lipinski definition) is 3. The number of amides is 3. The standard InChI is InChI=1S/C23H23N3O3/c1-16-9-11-19(12-10-16)26-15-18(14-21(26)27)22(28)25-13-5-7-17-6-3-4-8-20(17)23(29)24-2/h3-4,6,8-12,18H,13-15H2,1-2H3,(H,24,29)(H,25,28). The Bertz CT molecular complexity index is 986. The molecule has 3 rings (SSSR count). The summed E-state index contributed by atoms with van der Waals surface area (Å²) in [5.41, 5.74) is 3.01. The summed E-state index contributed by atoms with van der Waals surface area (Å²) in [6.45, 7) is 2.50. The Morgan fingerprint density at radius 3 is 2.59 bits per heavy atom. The first-order valence-corrected chi connectivity index (χ1v) is 9.44. The van der Waals surface area contributed by atoms with E-state index in [1.165, 1.54) is 0 Å². The number of nitrogens with one attached hydrogen (secondary N) is 2. The van der Waals surface area contributed by atoms with Gasteiger partial charge in [-0.15, -0.1) is 0 Å². The van der Waals surface area contributed by atoms with E-state index in [0.29, 0.717) is 17.7 Å². The van der Waals surface area contributed by atoms with Crippen molar-refractivity contribution in [2.45, 2.75) is 13.3 Å². The number of nitrogens with zero attached hydrogens (tertiary/aromatic N) is 1. The lowest BCUT2D eigenvalue weighted by atomic mass is 10.1. The highest BCUT2D eigenvalue weighted by atomic mass is 16.2. The fraction of sp³-hybridized carbons (Fsp3) is 0.261. The molecule has 6 heteroatoms. The molecule has 1 aliphatic rings. The fourth-order valence-electron chi connectivity index (χ4n) is 3.20. The monoisotopic (exact) mass is 389 g/mol. The van der Waals surface area contributed by atoms with Crippen molar-refractivity contribution in [3.05, 3.63) is 65.2 Å². The molecule has 148 valence electrons. The van der Waals surface area contributed by atoms with Gasteiger partial charge in [-0.3, -0.25) is 14.4 Å². The summed E-state index contributed by atoms with van der Waals surface area (Å²) in [5, 5.41) is 5.35. The van der Waals surface area contributed by atoms with E-state index >= 15 is 0 Å². The van der Waals surface area contributed by atoms with Gasteiger partial charge in [0.2, 0.25) is 11.8 Å². The first-order valence-electron chi connectivity index (χ1n) is 9.44. The Balaban J connectivity index is 1.58. The minimum Gasteiger partial charge on any atom is -0.355 e. The van der Waals surface area contributed by atoms with Crippen LogP contribution >= 0.6 is 0 Å². The molecule has 6 nitrogen and oxygen atoms in total. The van der Waals surface area contributed by atoms with Crippen LogP contribution in [0.1, 0.15) is 27.9 Å². The molecule has 0 saturated carbocycles. The molecule has 1 atom stereocenters. The minimum atomic E-state index is -0.399. The van der Waals surface area contributed by atoms with Crippen molar-refractivity contribution in [1.82, 2.24) is 10.6 Å². The molecule has 1 heterocycles. The van der Waals surface area contributed by atoms with Gasteiger partial charge in [-0.1, -0.05) is 41.7 Å². The SMILES string of the molecule is CNC(=O)c1ccccc1C#CCNC(=O)C1CC(=O)N(c2ccc(C)cc2)C1. The number of rotatable bonds is 4. The lowest BCUT2D eigenvalue weighted by Crippen LogP contribution is -2.33. The van der Waals surface area contributed by atoms with Gasteiger partial charge in [-0.2, -0.15) is 0 Å². The molecule has 0 spiro atoms. The van der Waals surface area contributed by atoms with Crippen molar-refractivity contribution in [3.8, 4) is 11.8 Å². The summed E-state index contributed by atoms with van der Waals surface area (Å²) in [6, 6.07) is 14.7. The van der Waals surface area contributed by atoms with E-state index < -0.39 is 5.92 Å². The van der Waals surface area contributed by atoms with Crippen molar-refractivity contribution in [1.29, 1.82) is 0 Å². The molecule has 3 amide bonds. The van der Waals surface area contributed by atoms with Crippen LogP contribution in [0.25, 0.3) is 0 Å². The average molecular weight is 389 g/mol. The third-order valence-electron chi connectivity index (χ3n) is 4.81. The molecule has 0 aromatic heterocycles. The van der Waals surface area contributed by atoms with Gasteiger partial charge in [0.25, 0.3) is 5.91 Å². The summed E-state index contributed by atoms with van der Waals surface area (Å²) >= 11 is 0. The fourth-order valence-corrected chi connectivity index (χ4v) is 3.20. The molecule has 1 unspecified atom stereocenters. The molecule has 0 radical (unpaired) electrons. The Labute approximate surface area is 170 Å². The van der Waals surface area contributed by atoms with Gasteiger partial charge < -0.3 is 15.5 Å². The molecule has 0 bridgehead atoms. The van der Waals surface area contributed by atoms with Crippen LogP contribution in [-0.4, -0.2) is 37.9 Å². The van der Waals surface area contributed by atoms with Crippen LogP contribution in [0.4, 0.5) is 5.69 Å². The quantitative estimate of drug-likeness (QED) is 0.784. The van der Waals surface area contributed by atoms with Gasteiger partial charge in [0.1, 0.15) is 0 Å². The van der Waals surface area contributed by atoms with Crippen molar-refractivity contribution < 1.29 is 14.4 Å². The zero-order valence-electron chi connectivity index (χ0n) is 16.5. The van der Waals surface area contributed by atoms with E-state index in [-0.39, 0.29) is 30.7 Å². The number of carbonyl (C=O) groups excluding carboxylic acids is 3. The molecule has 0 aliphatic carbocycles. The maximum atomic E-state index is 12.4. The second kappa shape index (κ2) is 9.07. The summed E-state index contributed by atoms with van der Waals surface area (Å²) in [7, 11) is 1.57. The van der Waals surface area contributed by atoms with Gasteiger partial charge in [-0.05, 0) is 31.2 Å². The Morgan fingerprint density at radius 2 is 1.86 bits per heavy atom. The van der Waals surface area contributed by atoms with Crippen LogP contribution in [0.2, 0.25) is 0 Å². The van der Waals surface area contributed by atoms with E-state index in [4.69, 9.17) is 0 Å². The zero-order valence-corrected chi connectivity index (χ0v) is 16.5. The predicted octanol–water partition coefficient (Wildman–Crippen LogP) is 1.88. The number of carbonyl (C=O) groups is 3. The first kappa shape index (κ1) is 20.2. The van der Waals surface area contributed by atoms with E-state index in [1.54, 1.807) is 36.2 Å². The molecule has 1 fully saturated rings. The summed E-state index contributed by atoms with van der Waals surface area (Å²) < 4.78 is 0. The van der Waals surface area contributed by atoms with Gasteiger partial charge in [0.15, 0.2) is 0 Å². The Hall–Kier alpha value is -3.59. The maximum absolute atomic E-state index is 12.4. The van der Waals surface area contributed by atoms with Crippen molar-refractivity contribution in [2.24, 2.45) is 5.92 Å². The van der Waals surface area contributed by atoms with Crippen LogP contribution in [-0.2, 0) is 9.59 Å². The first-order chi connectivity index (χ1) is 14.0.